The summed E-state index contributed by atoms with van der Waals surface area (Å²) in [5.41, 5.74) is 0. The van der Waals surface area contributed by atoms with Crippen molar-refractivity contribution >= 4 is 37.4 Å². The summed E-state index contributed by atoms with van der Waals surface area (Å²) in [5.74, 6) is 0. The van der Waals surface area contributed by atoms with Crippen LogP contribution in [0.1, 0.15) is 34.6 Å². The summed E-state index contributed by atoms with van der Waals surface area (Å²) in [6, 6.07) is 0. The summed E-state index contributed by atoms with van der Waals surface area (Å²) in [7, 11) is -16.0. The number of hydrogen-bond acceptors (Lipinski definition) is 16. The van der Waals surface area contributed by atoms with Crippen LogP contribution >= 0.6 is 37.4 Å². The van der Waals surface area contributed by atoms with Crippen molar-refractivity contribution in [2.75, 3.05) is 138 Å². The summed E-state index contributed by atoms with van der Waals surface area (Å²) in [4.78, 5) is 0. The van der Waals surface area contributed by atoms with Crippen LogP contribution in [0.4, 0.5) is 0 Å². The standard InChI is InChI=1S/C36H74N5O15P5/c1-27-12-37-13-32(52-27)22-48-58(8,43)39-15-29(3)54-34(19-39)24-50-60(10,45)41-17-31(5)56-36(21-41)26-51-61(11,46)40-16-30(4)55-35(20-40)25-49-59(9,44)38-14-28(2)53-33(18-38)23-47-57(6,7)42/h27-37H,12-26H2,1-11H3/t27-,28-,29-,30-,31-,32-,33-,34-,35-,36-,58?,59?,60?,61?/m0/s1. The molecule has 5 aliphatic heterocycles. The first-order valence-electron chi connectivity index (χ1n) is 21.4. The van der Waals surface area contributed by atoms with E-state index >= 15 is 0 Å². The number of ether oxygens (including phenoxy) is 5. The second kappa shape index (κ2) is 22.1. The molecule has 5 rings (SSSR count). The van der Waals surface area contributed by atoms with Crippen LogP contribution in [0.25, 0.3) is 0 Å². The molecule has 0 aromatic rings. The SMILES string of the molecule is C[C@H]1CNC[C@@H](COP(C)(=O)N2C[C@@H](COP(C)(=O)N3C[C@@H](COP(C)(=O)N4C[C@@H](COP(C)(=O)N5C[C@@H](COP(C)(C)=O)O[C@@H](C)C5)O[C@@H](C)C4)O[C@@H](C)C3)O[C@@H](C)C2)O1. The number of nitrogens with one attached hydrogen (secondary N) is 1. The van der Waals surface area contributed by atoms with Crippen LogP contribution in [0.15, 0.2) is 0 Å². The number of nitrogens with zero attached hydrogens (tertiary/aromatic N) is 4. The van der Waals surface area contributed by atoms with Crippen LogP contribution in [-0.4, -0.2) is 218 Å². The maximum Gasteiger partial charge on any atom is 0.269 e. The molecular weight excluding hydrogens is 897 g/mol. The third kappa shape index (κ3) is 16.4. The Kier molecular flexibility index (Phi) is 19.0. The van der Waals surface area contributed by atoms with E-state index in [2.05, 4.69) is 5.32 Å². The average Bonchev–Trinajstić information content (AvgIpc) is 3.16. The van der Waals surface area contributed by atoms with Crippen molar-refractivity contribution in [2.24, 2.45) is 0 Å². The van der Waals surface area contributed by atoms with E-state index in [0.717, 1.165) is 6.54 Å². The normalized spacial score (nSPS) is 37.3. The molecule has 5 aliphatic rings. The highest BCUT2D eigenvalue weighted by molar-refractivity contribution is 7.57. The Labute approximate surface area is 363 Å². The lowest BCUT2D eigenvalue weighted by atomic mass is 10.2. The van der Waals surface area contributed by atoms with E-state index in [1.54, 1.807) is 58.7 Å². The number of hydrogen-bond donors (Lipinski definition) is 1. The van der Waals surface area contributed by atoms with Gasteiger partial charge in [0, 0.05) is 105 Å². The highest BCUT2D eigenvalue weighted by atomic mass is 31.2. The molecule has 5 saturated heterocycles. The Hall–Kier alpha value is 0.550. The van der Waals surface area contributed by atoms with Crippen LogP contribution in [-0.2, 0) is 69.1 Å². The van der Waals surface area contributed by atoms with E-state index in [0.29, 0.717) is 39.3 Å². The smallest absolute Gasteiger partial charge is 0.269 e. The Bertz CT molecular complexity index is 1680. The van der Waals surface area contributed by atoms with Gasteiger partial charge in [-0.15, -0.1) is 0 Å². The zero-order chi connectivity index (χ0) is 45.0. The molecule has 5 heterocycles. The minimum Gasteiger partial charge on any atom is -0.370 e. The predicted octanol–water partition coefficient (Wildman–Crippen LogP) is 4.63. The Morgan fingerprint density at radius 3 is 0.934 bits per heavy atom. The fraction of sp³-hybridized carbons (Fsp3) is 1.00. The lowest BCUT2D eigenvalue weighted by Gasteiger charge is -2.42. The van der Waals surface area contributed by atoms with Crippen LogP contribution < -0.4 is 5.32 Å². The number of rotatable bonds is 19. The van der Waals surface area contributed by atoms with E-state index < -0.39 is 61.9 Å². The molecular formula is C36H74N5O15P5. The average molecular weight is 972 g/mol. The Balaban J connectivity index is 1.09. The molecule has 0 saturated carbocycles. The van der Waals surface area contributed by atoms with Gasteiger partial charge in [0.1, 0.15) is 0 Å². The van der Waals surface area contributed by atoms with Crippen molar-refractivity contribution in [1.82, 2.24) is 24.0 Å². The number of morpholine rings is 5. The highest BCUT2D eigenvalue weighted by Gasteiger charge is 2.42. The Morgan fingerprint density at radius 2 is 0.656 bits per heavy atom. The van der Waals surface area contributed by atoms with Gasteiger partial charge in [0.2, 0.25) is 0 Å². The third-order valence-electron chi connectivity index (χ3n) is 11.1. The molecule has 5 fully saturated rings. The first-order chi connectivity index (χ1) is 28.3. The second-order valence-electron chi connectivity index (χ2n) is 17.9. The second-order valence-corrected chi connectivity index (χ2v) is 30.4. The van der Waals surface area contributed by atoms with E-state index in [1.165, 1.54) is 0 Å². The minimum atomic E-state index is -3.39. The van der Waals surface area contributed by atoms with Crippen molar-refractivity contribution in [3.8, 4) is 0 Å². The quantitative estimate of drug-likeness (QED) is 0.175. The van der Waals surface area contributed by atoms with Crippen LogP contribution in [0.3, 0.4) is 0 Å². The monoisotopic (exact) mass is 971 g/mol. The van der Waals surface area contributed by atoms with Gasteiger partial charge < -0.3 is 51.6 Å². The van der Waals surface area contributed by atoms with Gasteiger partial charge in [-0.2, -0.15) is 0 Å². The van der Waals surface area contributed by atoms with Gasteiger partial charge in [-0.1, -0.05) is 0 Å². The molecule has 0 bridgehead atoms. The fourth-order valence-corrected chi connectivity index (χ4v) is 15.1. The highest BCUT2D eigenvalue weighted by Crippen LogP contribution is 2.53. The lowest BCUT2D eigenvalue weighted by molar-refractivity contribution is -0.0887. The van der Waals surface area contributed by atoms with Crippen molar-refractivity contribution < 1.29 is 69.1 Å². The molecule has 61 heavy (non-hydrogen) atoms. The Morgan fingerprint density at radius 1 is 0.393 bits per heavy atom. The van der Waals surface area contributed by atoms with E-state index in [4.69, 9.17) is 46.3 Å². The van der Waals surface area contributed by atoms with Gasteiger partial charge in [-0.05, 0) is 34.6 Å². The molecule has 0 spiro atoms. The first-order valence-corrected chi connectivity index (χ1v) is 32.0. The van der Waals surface area contributed by atoms with Gasteiger partial charge in [-0.3, -0.25) is 22.8 Å². The minimum absolute atomic E-state index is 0.00613. The topological polar surface area (TPSA) is 203 Å². The molecule has 1 N–H and O–H groups in total. The van der Waals surface area contributed by atoms with Crippen LogP contribution in [0.2, 0.25) is 0 Å². The fourth-order valence-electron chi connectivity index (χ4n) is 8.08. The van der Waals surface area contributed by atoms with Crippen molar-refractivity contribution in [1.29, 1.82) is 0 Å². The van der Waals surface area contributed by atoms with Gasteiger partial charge in [0.05, 0.1) is 94.1 Å². The van der Waals surface area contributed by atoms with E-state index in [1.807, 2.05) is 34.6 Å². The first kappa shape index (κ1) is 52.5. The van der Waals surface area contributed by atoms with Crippen molar-refractivity contribution in [2.45, 2.75) is 95.7 Å². The summed E-state index contributed by atoms with van der Waals surface area (Å²) in [5, 5.41) is 3.30. The largest absolute Gasteiger partial charge is 0.370 e. The molecule has 20 nitrogen and oxygen atoms in total. The summed E-state index contributed by atoms with van der Waals surface area (Å²) in [6.07, 6.45) is -3.20. The molecule has 0 amide bonds. The lowest BCUT2D eigenvalue weighted by Crippen LogP contribution is -2.49. The molecule has 358 valence electrons. The van der Waals surface area contributed by atoms with E-state index in [9.17, 15) is 22.8 Å². The zero-order valence-electron chi connectivity index (χ0n) is 38.0. The summed E-state index contributed by atoms with van der Waals surface area (Å²) in [6.45, 7) is 23.2. The maximum absolute atomic E-state index is 14.1. The van der Waals surface area contributed by atoms with E-state index in [-0.39, 0.29) is 89.3 Å². The third-order valence-corrected chi connectivity index (χ3v) is 19.8. The van der Waals surface area contributed by atoms with Crippen LogP contribution in [0.5, 0.6) is 0 Å². The summed E-state index contributed by atoms with van der Waals surface area (Å²) < 4.78 is 135. The van der Waals surface area contributed by atoms with Gasteiger partial charge >= 0.3 is 0 Å². The van der Waals surface area contributed by atoms with Gasteiger partial charge in [0.25, 0.3) is 30.1 Å². The van der Waals surface area contributed by atoms with Crippen LogP contribution in [0, 0.1) is 0 Å². The molecule has 14 atom stereocenters. The summed E-state index contributed by atoms with van der Waals surface area (Å²) >= 11 is 0. The molecule has 0 aromatic heterocycles. The molecule has 25 heteroatoms. The maximum atomic E-state index is 14.1. The molecule has 0 aliphatic carbocycles. The molecule has 4 unspecified atom stereocenters. The molecule has 0 aromatic carbocycles. The zero-order valence-corrected chi connectivity index (χ0v) is 42.5. The van der Waals surface area contributed by atoms with Crippen molar-refractivity contribution in [3.63, 3.8) is 0 Å². The predicted molar refractivity (Wildman–Crippen MR) is 234 cm³/mol. The van der Waals surface area contributed by atoms with Gasteiger partial charge in [-0.25, -0.2) is 18.7 Å². The van der Waals surface area contributed by atoms with Crippen molar-refractivity contribution in [3.05, 3.63) is 0 Å². The molecule has 0 radical (unpaired) electrons. The van der Waals surface area contributed by atoms with Gasteiger partial charge in [0.15, 0.2) is 7.37 Å².